The van der Waals surface area contributed by atoms with Crippen molar-refractivity contribution in [2.24, 2.45) is 0 Å². The number of nitrogens with one attached hydrogen (secondary N) is 1. The summed E-state index contributed by atoms with van der Waals surface area (Å²) in [6, 6.07) is 16.9. The van der Waals surface area contributed by atoms with Crippen LogP contribution in [-0.4, -0.2) is 32.1 Å². The van der Waals surface area contributed by atoms with Crippen LogP contribution >= 0.6 is 0 Å². The highest BCUT2D eigenvalue weighted by molar-refractivity contribution is 5.91. The average molecular weight is 380 g/mol. The number of aliphatic hydroxyl groups is 1. The normalized spacial score (nSPS) is 12.0. The van der Waals surface area contributed by atoms with Crippen LogP contribution in [0.3, 0.4) is 0 Å². The van der Waals surface area contributed by atoms with Gasteiger partial charge in [-0.05, 0) is 37.1 Å². The summed E-state index contributed by atoms with van der Waals surface area (Å²) in [7, 11) is 0. The molecule has 1 atom stereocenters. The number of amides is 1. The number of aromatic nitrogens is 3. The van der Waals surface area contributed by atoms with Crippen molar-refractivity contribution in [2.45, 2.75) is 39.1 Å². The monoisotopic (exact) mass is 380 g/mol. The summed E-state index contributed by atoms with van der Waals surface area (Å²) in [5, 5.41) is 20.9. The number of nitrogens with zero attached hydrogens (tertiary/aromatic N) is 3. The summed E-state index contributed by atoms with van der Waals surface area (Å²) in [5.74, 6) is 0.480. The maximum absolute atomic E-state index is 12.3. The average Bonchev–Trinajstić information content (AvgIpc) is 3.16. The first-order valence-corrected chi connectivity index (χ1v) is 9.18. The van der Waals surface area contributed by atoms with Gasteiger partial charge in [-0.3, -0.25) is 4.79 Å². The van der Waals surface area contributed by atoms with Crippen molar-refractivity contribution in [3.8, 4) is 5.75 Å². The molecule has 0 bridgehead atoms. The summed E-state index contributed by atoms with van der Waals surface area (Å²) < 4.78 is 7.06. The quantitative estimate of drug-likeness (QED) is 0.627. The fourth-order valence-corrected chi connectivity index (χ4v) is 2.68. The number of carbonyl (C=O) groups is 1. The third-order valence-electron chi connectivity index (χ3n) is 4.06. The molecule has 3 rings (SSSR count). The van der Waals surface area contributed by atoms with Crippen LogP contribution in [-0.2, 0) is 13.1 Å². The van der Waals surface area contributed by atoms with Crippen molar-refractivity contribution >= 4 is 5.91 Å². The van der Waals surface area contributed by atoms with Gasteiger partial charge in [0.05, 0.1) is 24.9 Å². The molecule has 0 aliphatic carbocycles. The molecule has 146 valence electrons. The van der Waals surface area contributed by atoms with E-state index < -0.39 is 6.10 Å². The van der Waals surface area contributed by atoms with Crippen molar-refractivity contribution < 1.29 is 14.6 Å². The van der Waals surface area contributed by atoms with Crippen molar-refractivity contribution in [2.75, 3.05) is 0 Å². The van der Waals surface area contributed by atoms with Gasteiger partial charge in [0.1, 0.15) is 5.75 Å². The van der Waals surface area contributed by atoms with Crippen LogP contribution in [0.4, 0.5) is 0 Å². The molecule has 0 saturated heterocycles. The number of hydrogen-bond acceptors (Lipinski definition) is 5. The zero-order valence-electron chi connectivity index (χ0n) is 15.9. The molecule has 0 aliphatic heterocycles. The Morgan fingerprint density at radius 1 is 1.14 bits per heavy atom. The van der Waals surface area contributed by atoms with Crippen molar-refractivity contribution in [1.29, 1.82) is 0 Å². The molecular formula is C21H24N4O3. The summed E-state index contributed by atoms with van der Waals surface area (Å²) in [6.07, 6.45) is 0.931. The highest BCUT2D eigenvalue weighted by Gasteiger charge is 2.13. The first-order chi connectivity index (χ1) is 13.5. The van der Waals surface area contributed by atoms with E-state index in [0.717, 1.165) is 16.9 Å². The van der Waals surface area contributed by atoms with E-state index in [1.165, 1.54) is 10.9 Å². The Bertz CT molecular complexity index is 892. The van der Waals surface area contributed by atoms with E-state index >= 15 is 0 Å². The highest BCUT2D eigenvalue weighted by Crippen LogP contribution is 2.15. The van der Waals surface area contributed by atoms with Crippen LogP contribution in [0.5, 0.6) is 5.75 Å². The van der Waals surface area contributed by atoms with Gasteiger partial charge in [-0.1, -0.05) is 47.7 Å². The minimum absolute atomic E-state index is 0.119. The zero-order valence-corrected chi connectivity index (χ0v) is 15.9. The Morgan fingerprint density at radius 3 is 2.54 bits per heavy atom. The van der Waals surface area contributed by atoms with Gasteiger partial charge in [-0.15, -0.1) is 5.10 Å². The van der Waals surface area contributed by atoms with Gasteiger partial charge in [-0.25, -0.2) is 4.68 Å². The predicted molar refractivity (Wildman–Crippen MR) is 105 cm³/mol. The number of carbonyl (C=O) groups excluding carboxylic acids is 1. The summed E-state index contributed by atoms with van der Waals surface area (Å²) in [6.45, 7) is 4.54. The minimum Gasteiger partial charge on any atom is -0.491 e. The van der Waals surface area contributed by atoms with Crippen LogP contribution < -0.4 is 10.1 Å². The molecule has 2 aromatic carbocycles. The lowest BCUT2D eigenvalue weighted by Crippen LogP contribution is -2.23. The fraction of sp³-hybridized carbons (Fsp3) is 0.286. The molecule has 1 unspecified atom stereocenters. The fourth-order valence-electron chi connectivity index (χ4n) is 2.68. The van der Waals surface area contributed by atoms with Gasteiger partial charge in [0.15, 0.2) is 5.69 Å². The number of benzene rings is 2. The molecule has 0 aliphatic rings. The third kappa shape index (κ3) is 5.40. The number of aliphatic hydroxyl groups excluding tert-OH is 1. The Kier molecular flexibility index (Phi) is 6.39. The maximum Gasteiger partial charge on any atom is 0.273 e. The second-order valence-electron chi connectivity index (χ2n) is 6.75. The molecule has 0 spiro atoms. The molecule has 1 aromatic heterocycles. The Labute approximate surface area is 164 Å². The van der Waals surface area contributed by atoms with Crippen LogP contribution in [0, 0.1) is 0 Å². The molecular weight excluding hydrogens is 356 g/mol. The topological polar surface area (TPSA) is 89.3 Å². The minimum atomic E-state index is -0.717. The SMILES string of the molecule is CC(C)Oc1ccc(CNC(=O)c2cn(CC(O)c3ccccc3)nn2)cc1. The third-order valence-corrected chi connectivity index (χ3v) is 4.06. The summed E-state index contributed by atoms with van der Waals surface area (Å²) in [5.41, 5.74) is 1.95. The lowest BCUT2D eigenvalue weighted by Gasteiger charge is -2.10. The smallest absolute Gasteiger partial charge is 0.273 e. The number of ether oxygens (including phenoxy) is 1. The maximum atomic E-state index is 12.3. The number of rotatable bonds is 8. The van der Waals surface area contributed by atoms with Crippen molar-refractivity contribution in [3.05, 3.63) is 77.6 Å². The molecule has 1 heterocycles. The van der Waals surface area contributed by atoms with E-state index in [0.29, 0.717) is 6.54 Å². The molecule has 3 aromatic rings. The summed E-state index contributed by atoms with van der Waals surface area (Å²) >= 11 is 0. The van der Waals surface area contributed by atoms with Gasteiger partial charge in [-0.2, -0.15) is 0 Å². The van der Waals surface area contributed by atoms with Crippen LogP contribution in [0.2, 0.25) is 0 Å². The van der Waals surface area contributed by atoms with Gasteiger partial charge in [0.25, 0.3) is 5.91 Å². The molecule has 0 fully saturated rings. The molecule has 28 heavy (non-hydrogen) atoms. The molecule has 0 radical (unpaired) electrons. The largest absolute Gasteiger partial charge is 0.491 e. The van der Waals surface area contributed by atoms with Crippen molar-refractivity contribution in [1.82, 2.24) is 20.3 Å². The zero-order chi connectivity index (χ0) is 19.9. The highest BCUT2D eigenvalue weighted by atomic mass is 16.5. The molecule has 7 nitrogen and oxygen atoms in total. The second-order valence-corrected chi connectivity index (χ2v) is 6.75. The second kappa shape index (κ2) is 9.14. The molecule has 7 heteroatoms. The van der Waals surface area contributed by atoms with Gasteiger partial charge in [0.2, 0.25) is 0 Å². The molecule has 0 saturated carbocycles. The van der Waals surface area contributed by atoms with Crippen molar-refractivity contribution in [3.63, 3.8) is 0 Å². The predicted octanol–water partition coefficient (Wildman–Crippen LogP) is 2.73. The van der Waals surface area contributed by atoms with E-state index in [9.17, 15) is 9.90 Å². The van der Waals surface area contributed by atoms with Gasteiger partial charge >= 0.3 is 0 Å². The lowest BCUT2D eigenvalue weighted by atomic mass is 10.1. The van der Waals surface area contributed by atoms with E-state index in [1.54, 1.807) is 0 Å². The first-order valence-electron chi connectivity index (χ1n) is 9.18. The lowest BCUT2D eigenvalue weighted by molar-refractivity contribution is 0.0945. The van der Waals surface area contributed by atoms with Gasteiger partial charge in [0, 0.05) is 6.54 Å². The van der Waals surface area contributed by atoms with Gasteiger partial charge < -0.3 is 15.2 Å². The Balaban J connectivity index is 1.52. The summed E-state index contributed by atoms with van der Waals surface area (Å²) in [4.78, 5) is 12.3. The standard InChI is InChI=1S/C21H24N4O3/c1-15(2)28-18-10-8-16(9-11-18)12-22-21(27)19-13-25(24-23-19)14-20(26)17-6-4-3-5-7-17/h3-11,13,15,20,26H,12,14H2,1-2H3,(H,22,27). The van der Waals surface area contributed by atoms with Crippen LogP contribution in [0.15, 0.2) is 60.8 Å². The van der Waals surface area contributed by atoms with Crippen LogP contribution in [0.25, 0.3) is 0 Å². The Hall–Kier alpha value is -3.19. The number of hydrogen-bond donors (Lipinski definition) is 2. The first kappa shape index (κ1) is 19.6. The van der Waals surface area contributed by atoms with Crippen LogP contribution in [0.1, 0.15) is 41.6 Å². The molecule has 2 N–H and O–H groups in total. The molecule has 1 amide bonds. The van der Waals surface area contributed by atoms with E-state index in [2.05, 4.69) is 15.6 Å². The van der Waals surface area contributed by atoms with E-state index in [4.69, 9.17) is 4.74 Å². The Morgan fingerprint density at radius 2 is 1.86 bits per heavy atom. The van der Waals surface area contributed by atoms with E-state index in [1.807, 2.05) is 68.4 Å². The van der Waals surface area contributed by atoms with E-state index in [-0.39, 0.29) is 24.2 Å².